The third kappa shape index (κ3) is 3.45. The molecule has 0 aliphatic carbocycles. The quantitative estimate of drug-likeness (QED) is 0.623. The Morgan fingerprint density at radius 2 is 1.88 bits per heavy atom. The fourth-order valence-electron chi connectivity index (χ4n) is 1.27. The third-order valence-corrected chi connectivity index (χ3v) is 2.33. The molecule has 0 saturated carbocycles. The van der Waals surface area contributed by atoms with Gasteiger partial charge in [-0.2, -0.15) is 0 Å². The molecule has 17 heavy (non-hydrogen) atoms. The van der Waals surface area contributed by atoms with Gasteiger partial charge in [0.05, 0.1) is 5.56 Å². The van der Waals surface area contributed by atoms with E-state index < -0.39 is 11.9 Å². The van der Waals surface area contributed by atoms with Crippen LogP contribution in [0.5, 0.6) is 0 Å². The van der Waals surface area contributed by atoms with Crippen LogP contribution in [-0.4, -0.2) is 18.0 Å². The van der Waals surface area contributed by atoms with Crippen LogP contribution in [0, 0.1) is 0 Å². The number of ether oxygens (including phenoxy) is 1. The van der Waals surface area contributed by atoms with Crippen molar-refractivity contribution in [1.29, 1.82) is 0 Å². The second-order valence-corrected chi connectivity index (χ2v) is 3.53. The van der Waals surface area contributed by atoms with Gasteiger partial charge in [-0.25, -0.2) is 4.79 Å². The highest BCUT2D eigenvalue weighted by Gasteiger charge is 2.12. The van der Waals surface area contributed by atoms with Gasteiger partial charge in [-0.1, -0.05) is 19.6 Å². The van der Waals surface area contributed by atoms with Crippen molar-refractivity contribution in [3.63, 3.8) is 0 Å². The first-order chi connectivity index (χ1) is 8.08. The summed E-state index contributed by atoms with van der Waals surface area (Å²) in [7, 11) is 0. The van der Waals surface area contributed by atoms with Crippen molar-refractivity contribution in [3.8, 4) is 0 Å². The molecule has 1 atom stereocenters. The van der Waals surface area contributed by atoms with Crippen molar-refractivity contribution in [2.24, 2.45) is 5.73 Å². The second kappa shape index (κ2) is 5.84. The number of esters is 1. The summed E-state index contributed by atoms with van der Waals surface area (Å²) in [5.74, 6) is -0.963. The van der Waals surface area contributed by atoms with Crippen LogP contribution in [0.15, 0.2) is 36.9 Å². The molecular formula is C13H15NO3. The molecule has 0 spiro atoms. The molecule has 0 aliphatic heterocycles. The molecule has 0 heterocycles. The summed E-state index contributed by atoms with van der Waals surface area (Å²) < 4.78 is 5.16. The Kier molecular flexibility index (Phi) is 4.46. The smallest absolute Gasteiger partial charge is 0.338 e. The third-order valence-electron chi connectivity index (χ3n) is 2.33. The lowest BCUT2D eigenvalue weighted by atomic mass is 10.1. The Bertz CT molecular complexity index is 423. The predicted molar refractivity (Wildman–Crippen MR) is 64.7 cm³/mol. The maximum absolute atomic E-state index is 11.7. The van der Waals surface area contributed by atoms with Crippen LogP contribution in [-0.2, 0) is 4.74 Å². The number of carbonyl (C=O) groups excluding carboxylic acids is 2. The maximum Gasteiger partial charge on any atom is 0.338 e. The van der Waals surface area contributed by atoms with Crippen LogP contribution in [0.2, 0.25) is 0 Å². The van der Waals surface area contributed by atoms with E-state index in [1.54, 1.807) is 6.08 Å². The number of primary amides is 1. The van der Waals surface area contributed by atoms with Crippen LogP contribution in [0.25, 0.3) is 0 Å². The number of carbonyl (C=O) groups is 2. The van der Waals surface area contributed by atoms with Crippen molar-refractivity contribution in [2.45, 2.75) is 19.4 Å². The molecule has 90 valence electrons. The Balaban J connectivity index is 2.76. The lowest BCUT2D eigenvalue weighted by molar-refractivity contribution is 0.0389. The summed E-state index contributed by atoms with van der Waals surface area (Å²) >= 11 is 0. The molecule has 4 nitrogen and oxygen atoms in total. The van der Waals surface area contributed by atoms with E-state index >= 15 is 0 Å². The van der Waals surface area contributed by atoms with E-state index in [9.17, 15) is 9.59 Å². The van der Waals surface area contributed by atoms with Gasteiger partial charge in [-0.3, -0.25) is 4.79 Å². The van der Waals surface area contributed by atoms with Crippen molar-refractivity contribution in [3.05, 3.63) is 48.0 Å². The molecule has 0 bridgehead atoms. The average Bonchev–Trinajstić information content (AvgIpc) is 2.35. The molecule has 0 fully saturated rings. The number of nitrogens with two attached hydrogens (primary N) is 1. The molecule has 1 amide bonds. The van der Waals surface area contributed by atoms with E-state index in [2.05, 4.69) is 6.58 Å². The van der Waals surface area contributed by atoms with Crippen LogP contribution in [0.1, 0.15) is 34.1 Å². The van der Waals surface area contributed by atoms with Crippen LogP contribution in [0.4, 0.5) is 0 Å². The number of amides is 1. The van der Waals surface area contributed by atoms with Crippen molar-refractivity contribution < 1.29 is 14.3 Å². The summed E-state index contributed by atoms with van der Waals surface area (Å²) in [5, 5.41) is 0. The van der Waals surface area contributed by atoms with Gasteiger partial charge in [-0.15, -0.1) is 0 Å². The first kappa shape index (κ1) is 13.0. The first-order valence-corrected chi connectivity index (χ1v) is 5.32. The van der Waals surface area contributed by atoms with Gasteiger partial charge >= 0.3 is 5.97 Å². The molecule has 0 aliphatic rings. The van der Waals surface area contributed by atoms with E-state index in [1.165, 1.54) is 24.3 Å². The lowest BCUT2D eigenvalue weighted by Crippen LogP contribution is -2.15. The SMILES string of the molecule is C=CC(CC)OC(=O)c1ccc(C(N)=O)cc1. The standard InChI is InChI=1S/C13H15NO3/c1-3-11(4-2)17-13(16)10-7-5-9(6-8-10)12(14)15/h3,5-8,11H,1,4H2,2H3,(H2,14,15). The largest absolute Gasteiger partial charge is 0.455 e. The van der Waals surface area contributed by atoms with Crippen LogP contribution in [0.3, 0.4) is 0 Å². The molecule has 0 saturated heterocycles. The van der Waals surface area contributed by atoms with Gasteiger partial charge < -0.3 is 10.5 Å². The van der Waals surface area contributed by atoms with Crippen LogP contribution >= 0.6 is 0 Å². The molecule has 4 heteroatoms. The fourth-order valence-corrected chi connectivity index (χ4v) is 1.27. The van der Waals surface area contributed by atoms with Crippen molar-refractivity contribution in [2.75, 3.05) is 0 Å². The van der Waals surface area contributed by atoms with E-state index in [4.69, 9.17) is 10.5 Å². The van der Waals surface area contributed by atoms with Gasteiger partial charge in [0, 0.05) is 5.56 Å². The van der Waals surface area contributed by atoms with E-state index in [0.29, 0.717) is 17.5 Å². The summed E-state index contributed by atoms with van der Waals surface area (Å²) in [6.07, 6.45) is 1.96. The first-order valence-electron chi connectivity index (χ1n) is 5.32. The van der Waals surface area contributed by atoms with Crippen molar-refractivity contribution in [1.82, 2.24) is 0 Å². The molecule has 0 radical (unpaired) electrons. The topological polar surface area (TPSA) is 69.4 Å². The van der Waals surface area contributed by atoms with Gasteiger partial charge in [0.15, 0.2) is 0 Å². The highest BCUT2D eigenvalue weighted by Crippen LogP contribution is 2.08. The summed E-state index contributed by atoms with van der Waals surface area (Å²) in [6, 6.07) is 6.01. The number of hydrogen-bond acceptors (Lipinski definition) is 3. The Morgan fingerprint density at radius 1 is 1.35 bits per heavy atom. The summed E-state index contributed by atoms with van der Waals surface area (Å²) in [6.45, 7) is 5.48. The zero-order chi connectivity index (χ0) is 12.8. The Morgan fingerprint density at radius 3 is 2.29 bits per heavy atom. The molecule has 1 rings (SSSR count). The van der Waals surface area contributed by atoms with Gasteiger partial charge in [0.25, 0.3) is 0 Å². The molecule has 1 aromatic carbocycles. The highest BCUT2D eigenvalue weighted by atomic mass is 16.5. The molecule has 2 N–H and O–H groups in total. The van der Waals surface area contributed by atoms with E-state index in [0.717, 1.165) is 0 Å². The maximum atomic E-state index is 11.7. The zero-order valence-corrected chi connectivity index (χ0v) is 9.68. The number of rotatable bonds is 5. The van der Waals surface area contributed by atoms with E-state index in [-0.39, 0.29) is 6.10 Å². The van der Waals surface area contributed by atoms with Gasteiger partial charge in [0.2, 0.25) is 5.91 Å². The number of hydrogen-bond donors (Lipinski definition) is 1. The lowest BCUT2D eigenvalue weighted by Gasteiger charge is -2.11. The average molecular weight is 233 g/mol. The minimum absolute atomic E-state index is 0.293. The Labute approximate surface area is 100 Å². The monoisotopic (exact) mass is 233 g/mol. The van der Waals surface area contributed by atoms with Crippen LogP contribution < -0.4 is 5.73 Å². The van der Waals surface area contributed by atoms with Gasteiger partial charge in [-0.05, 0) is 30.7 Å². The highest BCUT2D eigenvalue weighted by molar-refractivity contribution is 5.95. The van der Waals surface area contributed by atoms with E-state index in [1.807, 2.05) is 6.92 Å². The molecule has 0 aromatic heterocycles. The molecular weight excluding hydrogens is 218 g/mol. The number of benzene rings is 1. The Hall–Kier alpha value is -2.10. The normalized spacial score (nSPS) is 11.6. The minimum Gasteiger partial charge on any atom is -0.455 e. The molecule has 1 aromatic rings. The van der Waals surface area contributed by atoms with Crippen molar-refractivity contribution >= 4 is 11.9 Å². The zero-order valence-electron chi connectivity index (χ0n) is 9.68. The predicted octanol–water partition coefficient (Wildman–Crippen LogP) is 1.91. The minimum atomic E-state index is -0.526. The van der Waals surface area contributed by atoms with Gasteiger partial charge in [0.1, 0.15) is 6.10 Å². The fraction of sp³-hybridized carbons (Fsp3) is 0.231. The summed E-state index contributed by atoms with van der Waals surface area (Å²) in [4.78, 5) is 22.5. The summed E-state index contributed by atoms with van der Waals surface area (Å²) in [5.41, 5.74) is 5.84. The molecule has 1 unspecified atom stereocenters. The second-order valence-electron chi connectivity index (χ2n) is 3.53.